The minimum atomic E-state index is -0.555. The van der Waals surface area contributed by atoms with E-state index in [-0.39, 0.29) is 25.0 Å². The summed E-state index contributed by atoms with van der Waals surface area (Å²) in [6, 6.07) is 14.6. The van der Waals surface area contributed by atoms with Gasteiger partial charge in [-0.25, -0.2) is 0 Å². The molecule has 0 unspecified atom stereocenters. The number of Topliss-reactive ketones (excluding diaryl/α,β-unsaturated/α-hetero) is 1. The predicted molar refractivity (Wildman–Crippen MR) is 144 cm³/mol. The molecule has 3 aromatic rings. The molecule has 204 valence electrons. The third-order valence-corrected chi connectivity index (χ3v) is 7.35. The number of aromatic nitrogens is 1. The summed E-state index contributed by atoms with van der Waals surface area (Å²) in [5.41, 5.74) is 8.74. The normalized spacial score (nSPS) is 14.9. The van der Waals surface area contributed by atoms with Crippen molar-refractivity contribution >= 4 is 17.6 Å². The van der Waals surface area contributed by atoms with Crippen LogP contribution in [0.5, 0.6) is 17.2 Å². The summed E-state index contributed by atoms with van der Waals surface area (Å²) in [5, 5.41) is 0. The second-order valence-corrected chi connectivity index (χ2v) is 9.70. The SMILES string of the molecule is COc1ccc(CCn2c(C(=O)CN3CCN(C(=O)c4ccc5c(c4)OCO5)CC3)cc(C(N)=O)c2C)cc1. The van der Waals surface area contributed by atoms with Crippen LogP contribution in [0.4, 0.5) is 0 Å². The van der Waals surface area contributed by atoms with Crippen LogP contribution in [0.2, 0.25) is 0 Å². The number of nitrogens with two attached hydrogens (primary N) is 1. The van der Waals surface area contributed by atoms with Crippen LogP contribution in [-0.2, 0) is 13.0 Å². The number of carbonyl (C=O) groups is 3. The molecule has 0 atom stereocenters. The van der Waals surface area contributed by atoms with Gasteiger partial charge in [-0.05, 0) is 55.3 Å². The van der Waals surface area contributed by atoms with Gasteiger partial charge in [-0.3, -0.25) is 19.3 Å². The molecular weight excluding hydrogens is 500 g/mol. The number of ether oxygens (including phenoxy) is 3. The van der Waals surface area contributed by atoms with Gasteiger partial charge in [0, 0.05) is 44.0 Å². The summed E-state index contributed by atoms with van der Waals surface area (Å²) >= 11 is 0. The molecule has 0 saturated carbocycles. The van der Waals surface area contributed by atoms with Crippen LogP contribution in [0.15, 0.2) is 48.5 Å². The van der Waals surface area contributed by atoms with E-state index in [1.165, 1.54) is 0 Å². The Morgan fingerprint density at radius 3 is 2.36 bits per heavy atom. The van der Waals surface area contributed by atoms with E-state index in [1.807, 2.05) is 40.7 Å². The van der Waals surface area contributed by atoms with E-state index in [1.54, 1.807) is 36.3 Å². The van der Waals surface area contributed by atoms with E-state index in [0.717, 1.165) is 11.3 Å². The minimum Gasteiger partial charge on any atom is -0.497 e. The molecule has 3 heterocycles. The van der Waals surface area contributed by atoms with Gasteiger partial charge < -0.3 is 29.4 Å². The van der Waals surface area contributed by atoms with Gasteiger partial charge in [-0.15, -0.1) is 0 Å². The quantitative estimate of drug-likeness (QED) is 0.421. The van der Waals surface area contributed by atoms with Crippen LogP contribution < -0.4 is 19.9 Å². The summed E-state index contributed by atoms with van der Waals surface area (Å²) in [5.74, 6) is 1.27. The van der Waals surface area contributed by atoms with Crippen molar-refractivity contribution < 1.29 is 28.6 Å². The maximum Gasteiger partial charge on any atom is 0.254 e. The molecule has 2 amide bonds. The van der Waals surface area contributed by atoms with Gasteiger partial charge in [0.15, 0.2) is 17.3 Å². The standard InChI is InChI=1S/C29H32N4O6/c1-19-23(28(30)35)16-24(33(19)10-9-20-3-6-22(37-2)7-4-20)25(34)17-31-11-13-32(14-12-31)29(36)21-5-8-26-27(15-21)39-18-38-26/h3-8,15-16H,9-14,17-18H2,1-2H3,(H2,30,35). The summed E-state index contributed by atoms with van der Waals surface area (Å²) < 4.78 is 17.8. The number of aryl methyl sites for hydroxylation is 1. The van der Waals surface area contributed by atoms with Crippen LogP contribution >= 0.6 is 0 Å². The van der Waals surface area contributed by atoms with E-state index >= 15 is 0 Å². The molecule has 0 spiro atoms. The van der Waals surface area contributed by atoms with E-state index in [0.29, 0.717) is 73.2 Å². The summed E-state index contributed by atoms with van der Waals surface area (Å²) in [6.07, 6.45) is 0.679. The Labute approximate surface area is 226 Å². The number of hydrogen-bond acceptors (Lipinski definition) is 7. The first-order valence-electron chi connectivity index (χ1n) is 12.9. The van der Waals surface area contributed by atoms with E-state index in [9.17, 15) is 14.4 Å². The predicted octanol–water partition coefficient (Wildman–Crippen LogP) is 2.52. The average Bonchev–Trinajstić information content (AvgIpc) is 3.56. The molecular formula is C29H32N4O6. The third kappa shape index (κ3) is 5.61. The first-order valence-corrected chi connectivity index (χ1v) is 12.9. The molecule has 0 aliphatic carbocycles. The molecule has 2 aromatic carbocycles. The number of ketones is 1. The Balaban J connectivity index is 1.22. The Bertz CT molecular complexity index is 1390. The van der Waals surface area contributed by atoms with Crippen molar-refractivity contribution in [3.63, 3.8) is 0 Å². The average molecular weight is 533 g/mol. The zero-order valence-electron chi connectivity index (χ0n) is 22.1. The maximum atomic E-state index is 13.4. The van der Waals surface area contributed by atoms with Gasteiger partial charge in [0.2, 0.25) is 6.79 Å². The van der Waals surface area contributed by atoms with Crippen molar-refractivity contribution in [1.29, 1.82) is 0 Å². The zero-order valence-corrected chi connectivity index (χ0v) is 22.1. The number of amides is 2. The molecule has 1 aromatic heterocycles. The second-order valence-electron chi connectivity index (χ2n) is 9.70. The molecule has 10 heteroatoms. The van der Waals surface area contributed by atoms with Crippen LogP contribution in [0.1, 0.15) is 42.5 Å². The maximum absolute atomic E-state index is 13.4. The number of piperazine rings is 1. The number of fused-ring (bicyclic) bond motifs is 1. The highest BCUT2D eigenvalue weighted by atomic mass is 16.7. The number of hydrogen-bond donors (Lipinski definition) is 1. The summed E-state index contributed by atoms with van der Waals surface area (Å²) in [6.45, 7) is 4.83. The fourth-order valence-electron chi connectivity index (χ4n) is 5.05. The molecule has 0 bridgehead atoms. The topological polar surface area (TPSA) is 116 Å². The van der Waals surface area contributed by atoms with Gasteiger partial charge in [0.25, 0.3) is 11.8 Å². The lowest BCUT2D eigenvalue weighted by Gasteiger charge is -2.34. The number of carbonyl (C=O) groups excluding carboxylic acids is 3. The van der Waals surface area contributed by atoms with Crippen molar-refractivity contribution in [2.75, 3.05) is 46.6 Å². The number of primary amides is 1. The molecule has 2 aliphatic heterocycles. The first-order chi connectivity index (χ1) is 18.8. The number of benzene rings is 2. The van der Waals surface area contributed by atoms with Gasteiger partial charge in [-0.1, -0.05) is 12.1 Å². The number of nitrogens with zero attached hydrogens (tertiary/aromatic N) is 3. The molecule has 5 rings (SSSR count). The highest BCUT2D eigenvalue weighted by Crippen LogP contribution is 2.33. The lowest BCUT2D eigenvalue weighted by Crippen LogP contribution is -2.50. The Morgan fingerprint density at radius 2 is 1.67 bits per heavy atom. The van der Waals surface area contributed by atoms with Crippen molar-refractivity contribution in [3.05, 3.63) is 76.6 Å². The highest BCUT2D eigenvalue weighted by Gasteiger charge is 2.27. The van der Waals surface area contributed by atoms with Crippen molar-refractivity contribution in [2.24, 2.45) is 5.73 Å². The fourth-order valence-corrected chi connectivity index (χ4v) is 5.05. The monoisotopic (exact) mass is 532 g/mol. The second kappa shape index (κ2) is 11.2. The molecule has 10 nitrogen and oxygen atoms in total. The zero-order chi connectivity index (χ0) is 27.5. The van der Waals surface area contributed by atoms with Crippen molar-refractivity contribution in [3.8, 4) is 17.2 Å². The first kappa shape index (κ1) is 26.3. The van der Waals surface area contributed by atoms with Crippen LogP contribution in [0, 0.1) is 6.92 Å². The lowest BCUT2D eigenvalue weighted by molar-refractivity contribution is 0.0622. The summed E-state index contributed by atoms with van der Waals surface area (Å²) in [4.78, 5) is 42.3. The summed E-state index contributed by atoms with van der Waals surface area (Å²) in [7, 11) is 1.62. The Hall–Kier alpha value is -4.31. The third-order valence-electron chi connectivity index (χ3n) is 7.35. The van der Waals surface area contributed by atoms with E-state index in [2.05, 4.69) is 0 Å². The molecule has 2 aliphatic rings. The Kier molecular flexibility index (Phi) is 7.56. The van der Waals surface area contributed by atoms with Gasteiger partial charge in [0.1, 0.15) is 5.75 Å². The highest BCUT2D eigenvalue weighted by molar-refractivity contribution is 6.01. The fraction of sp³-hybridized carbons (Fsp3) is 0.345. The number of methoxy groups -OCH3 is 1. The van der Waals surface area contributed by atoms with Gasteiger partial charge in [0.05, 0.1) is 24.9 Å². The van der Waals surface area contributed by atoms with Gasteiger partial charge in [-0.2, -0.15) is 0 Å². The molecule has 1 fully saturated rings. The number of rotatable bonds is 9. The van der Waals surface area contributed by atoms with E-state index < -0.39 is 5.91 Å². The van der Waals surface area contributed by atoms with Crippen LogP contribution in [0.25, 0.3) is 0 Å². The molecule has 1 saturated heterocycles. The largest absolute Gasteiger partial charge is 0.497 e. The van der Waals surface area contributed by atoms with Gasteiger partial charge >= 0.3 is 0 Å². The molecule has 39 heavy (non-hydrogen) atoms. The van der Waals surface area contributed by atoms with Crippen LogP contribution in [0.3, 0.4) is 0 Å². The van der Waals surface area contributed by atoms with Crippen molar-refractivity contribution in [2.45, 2.75) is 19.9 Å². The minimum absolute atomic E-state index is 0.0755. The van der Waals surface area contributed by atoms with Crippen LogP contribution in [-0.4, -0.2) is 78.6 Å². The molecule has 0 radical (unpaired) electrons. The smallest absolute Gasteiger partial charge is 0.254 e. The lowest BCUT2D eigenvalue weighted by atomic mass is 10.1. The molecule has 2 N–H and O–H groups in total. The van der Waals surface area contributed by atoms with Crippen molar-refractivity contribution in [1.82, 2.24) is 14.4 Å². The Morgan fingerprint density at radius 1 is 0.949 bits per heavy atom. The van der Waals surface area contributed by atoms with E-state index in [4.69, 9.17) is 19.9 Å².